The number of aliphatic hydroxyl groups is 1. The molecule has 1 aromatic rings. The van der Waals surface area contributed by atoms with Crippen LogP contribution in [0.4, 0.5) is 4.39 Å². The summed E-state index contributed by atoms with van der Waals surface area (Å²) in [6.45, 7) is 0. The van der Waals surface area contributed by atoms with E-state index in [4.69, 9.17) is 11.2 Å². The molecule has 15 heavy (non-hydrogen) atoms. The van der Waals surface area contributed by atoms with E-state index in [1.54, 1.807) is 6.07 Å². The average Bonchev–Trinajstić information content (AvgIpc) is 2.25. The highest BCUT2D eigenvalue weighted by atomic mass is 19.1. The molecule has 0 heterocycles. The minimum absolute atomic E-state index is 0.256. The van der Waals surface area contributed by atoms with Crippen molar-refractivity contribution >= 4 is 0 Å². The van der Waals surface area contributed by atoms with Gasteiger partial charge in [0.25, 0.3) is 0 Å². The zero-order valence-corrected chi connectivity index (χ0v) is 8.53. The van der Waals surface area contributed by atoms with Gasteiger partial charge in [-0.15, -0.1) is 12.3 Å². The van der Waals surface area contributed by atoms with Crippen LogP contribution in [0.15, 0.2) is 18.2 Å². The summed E-state index contributed by atoms with van der Waals surface area (Å²) in [7, 11) is 1.46. The Morgan fingerprint density at radius 1 is 1.60 bits per heavy atom. The zero-order chi connectivity index (χ0) is 11.3. The van der Waals surface area contributed by atoms with E-state index < -0.39 is 11.9 Å². The molecule has 1 N–H and O–H groups in total. The largest absolute Gasteiger partial charge is 0.497 e. The van der Waals surface area contributed by atoms with Gasteiger partial charge in [-0.3, -0.25) is 0 Å². The van der Waals surface area contributed by atoms with Crippen LogP contribution in [0.25, 0.3) is 0 Å². The second-order valence-corrected chi connectivity index (χ2v) is 3.15. The van der Waals surface area contributed by atoms with Crippen LogP contribution in [0.3, 0.4) is 0 Å². The molecule has 80 valence electrons. The predicted molar refractivity (Wildman–Crippen MR) is 56.0 cm³/mol. The fourth-order valence-electron chi connectivity index (χ4n) is 1.28. The summed E-state index contributed by atoms with van der Waals surface area (Å²) in [5.41, 5.74) is 0.256. The van der Waals surface area contributed by atoms with Crippen molar-refractivity contribution in [3.8, 4) is 18.1 Å². The highest BCUT2D eigenvalue weighted by Crippen LogP contribution is 2.24. The lowest BCUT2D eigenvalue weighted by Crippen LogP contribution is -2.00. The van der Waals surface area contributed by atoms with Crippen molar-refractivity contribution in [1.29, 1.82) is 0 Å². The van der Waals surface area contributed by atoms with Crippen LogP contribution >= 0.6 is 0 Å². The van der Waals surface area contributed by atoms with Crippen molar-refractivity contribution in [2.75, 3.05) is 7.11 Å². The first-order valence-corrected chi connectivity index (χ1v) is 4.64. The van der Waals surface area contributed by atoms with Gasteiger partial charge >= 0.3 is 0 Å². The minimum Gasteiger partial charge on any atom is -0.497 e. The van der Waals surface area contributed by atoms with E-state index in [-0.39, 0.29) is 5.56 Å². The number of methoxy groups -OCH3 is 1. The molecule has 1 atom stereocenters. The molecule has 0 aliphatic rings. The van der Waals surface area contributed by atoms with Crippen LogP contribution in [-0.4, -0.2) is 12.2 Å². The second-order valence-electron chi connectivity index (χ2n) is 3.15. The standard InChI is InChI=1S/C12H13FO2/c1-3-4-5-12(14)10-7-6-9(15-2)8-11(10)13/h1,6-8,12,14H,4-5H2,2H3. The van der Waals surface area contributed by atoms with Gasteiger partial charge in [-0.05, 0) is 18.6 Å². The molecule has 0 aliphatic carbocycles. The van der Waals surface area contributed by atoms with Gasteiger partial charge < -0.3 is 9.84 Å². The van der Waals surface area contributed by atoms with Crippen LogP contribution < -0.4 is 4.74 Å². The summed E-state index contributed by atoms with van der Waals surface area (Å²) >= 11 is 0. The molecule has 1 rings (SSSR count). The molecule has 0 aliphatic heterocycles. The molecule has 0 radical (unpaired) electrons. The molecule has 0 amide bonds. The Labute approximate surface area is 88.7 Å². The van der Waals surface area contributed by atoms with Crippen LogP contribution in [0.2, 0.25) is 0 Å². The topological polar surface area (TPSA) is 29.5 Å². The molecule has 2 nitrogen and oxygen atoms in total. The normalized spacial score (nSPS) is 11.9. The quantitative estimate of drug-likeness (QED) is 0.769. The van der Waals surface area contributed by atoms with Crippen LogP contribution in [0, 0.1) is 18.2 Å². The van der Waals surface area contributed by atoms with E-state index in [2.05, 4.69) is 5.92 Å². The number of hydrogen-bond donors (Lipinski definition) is 1. The van der Waals surface area contributed by atoms with Crippen LogP contribution in [0.1, 0.15) is 24.5 Å². The first-order valence-electron chi connectivity index (χ1n) is 4.64. The van der Waals surface area contributed by atoms with E-state index in [0.29, 0.717) is 18.6 Å². The predicted octanol–water partition coefficient (Wildman–Crippen LogP) is 2.28. The summed E-state index contributed by atoms with van der Waals surface area (Å²) in [4.78, 5) is 0. The van der Waals surface area contributed by atoms with Gasteiger partial charge in [-0.25, -0.2) is 4.39 Å². The smallest absolute Gasteiger partial charge is 0.132 e. The lowest BCUT2D eigenvalue weighted by Gasteiger charge is -2.11. The van der Waals surface area contributed by atoms with Crippen LogP contribution in [0.5, 0.6) is 5.75 Å². The number of ether oxygens (including phenoxy) is 1. The molecule has 1 aromatic carbocycles. The van der Waals surface area contributed by atoms with E-state index in [9.17, 15) is 9.50 Å². The summed E-state index contributed by atoms with van der Waals surface area (Å²) in [5, 5.41) is 9.62. The third-order valence-electron chi connectivity index (χ3n) is 2.13. The summed E-state index contributed by atoms with van der Waals surface area (Å²) < 4.78 is 18.3. The van der Waals surface area contributed by atoms with Crippen LogP contribution in [-0.2, 0) is 0 Å². The fraction of sp³-hybridized carbons (Fsp3) is 0.333. The maximum atomic E-state index is 13.4. The molecule has 0 saturated carbocycles. The van der Waals surface area contributed by atoms with Gasteiger partial charge in [0.2, 0.25) is 0 Å². The first-order chi connectivity index (χ1) is 7.19. The Balaban J connectivity index is 2.81. The SMILES string of the molecule is C#CCCC(O)c1ccc(OC)cc1F. The average molecular weight is 208 g/mol. The molecule has 3 heteroatoms. The third kappa shape index (κ3) is 2.97. The van der Waals surface area contributed by atoms with Crippen molar-refractivity contribution in [2.45, 2.75) is 18.9 Å². The zero-order valence-electron chi connectivity index (χ0n) is 8.53. The number of aliphatic hydroxyl groups excluding tert-OH is 1. The van der Waals surface area contributed by atoms with Crippen molar-refractivity contribution in [3.63, 3.8) is 0 Å². The lowest BCUT2D eigenvalue weighted by molar-refractivity contribution is 0.164. The summed E-state index contributed by atoms with van der Waals surface area (Å²) in [6.07, 6.45) is 4.99. The molecular formula is C12H13FO2. The Hall–Kier alpha value is -1.53. The highest BCUT2D eigenvalue weighted by Gasteiger charge is 2.12. The number of rotatable bonds is 4. The molecule has 0 fully saturated rings. The van der Waals surface area contributed by atoms with Gasteiger partial charge in [0, 0.05) is 18.1 Å². The fourth-order valence-corrected chi connectivity index (χ4v) is 1.28. The maximum Gasteiger partial charge on any atom is 0.132 e. The van der Waals surface area contributed by atoms with Gasteiger partial charge in [-0.2, -0.15) is 0 Å². The summed E-state index contributed by atoms with van der Waals surface area (Å²) in [6, 6.07) is 4.36. The Bertz CT molecular complexity index is 368. The van der Waals surface area contributed by atoms with E-state index in [1.165, 1.54) is 19.2 Å². The Kier molecular flexibility index (Phi) is 4.14. The maximum absolute atomic E-state index is 13.4. The van der Waals surface area contributed by atoms with Gasteiger partial charge in [0.1, 0.15) is 11.6 Å². The van der Waals surface area contributed by atoms with Gasteiger partial charge in [0.05, 0.1) is 13.2 Å². The number of halogens is 1. The molecule has 0 spiro atoms. The molecule has 0 bridgehead atoms. The Morgan fingerprint density at radius 2 is 2.33 bits per heavy atom. The van der Waals surface area contributed by atoms with Gasteiger partial charge in [0.15, 0.2) is 0 Å². The minimum atomic E-state index is -0.855. The molecular weight excluding hydrogens is 195 g/mol. The molecule has 0 saturated heterocycles. The molecule has 1 unspecified atom stereocenters. The number of terminal acetylenes is 1. The van der Waals surface area contributed by atoms with Crippen molar-refractivity contribution in [2.24, 2.45) is 0 Å². The number of hydrogen-bond acceptors (Lipinski definition) is 2. The lowest BCUT2D eigenvalue weighted by atomic mass is 10.0. The van der Waals surface area contributed by atoms with Gasteiger partial charge in [-0.1, -0.05) is 0 Å². The van der Waals surface area contributed by atoms with E-state index in [0.717, 1.165) is 0 Å². The Morgan fingerprint density at radius 3 is 2.87 bits per heavy atom. The van der Waals surface area contributed by atoms with E-state index in [1.807, 2.05) is 0 Å². The van der Waals surface area contributed by atoms with Crippen molar-refractivity contribution < 1.29 is 14.2 Å². The van der Waals surface area contributed by atoms with Crippen molar-refractivity contribution in [1.82, 2.24) is 0 Å². The second kappa shape index (κ2) is 5.38. The van der Waals surface area contributed by atoms with Crippen molar-refractivity contribution in [3.05, 3.63) is 29.6 Å². The third-order valence-corrected chi connectivity index (χ3v) is 2.13. The molecule has 0 aromatic heterocycles. The monoisotopic (exact) mass is 208 g/mol. The summed E-state index contributed by atoms with van der Waals surface area (Å²) in [5.74, 6) is 2.36. The highest BCUT2D eigenvalue weighted by molar-refractivity contribution is 5.30. The number of benzene rings is 1. The van der Waals surface area contributed by atoms with E-state index >= 15 is 0 Å². The first kappa shape index (κ1) is 11.5.